The number of nitrogens with one attached hydrogen (secondary N) is 3. The van der Waals surface area contributed by atoms with Crippen LogP contribution in [-0.4, -0.2) is 34.5 Å². The third-order valence-corrected chi connectivity index (χ3v) is 5.57. The van der Waals surface area contributed by atoms with Gasteiger partial charge in [0, 0.05) is 32.2 Å². The van der Waals surface area contributed by atoms with Crippen molar-refractivity contribution in [1.29, 1.82) is 0 Å². The predicted octanol–water partition coefficient (Wildman–Crippen LogP) is 2.70. The number of aliphatic imine (C=N–C) groups is 1. The van der Waals surface area contributed by atoms with Crippen LogP contribution >= 0.6 is 24.0 Å². The zero-order chi connectivity index (χ0) is 19.9. The number of nitrogens with zero attached hydrogens (tertiary/aromatic N) is 1. The molecule has 0 aliphatic rings. The molecule has 0 heterocycles. The van der Waals surface area contributed by atoms with Crippen LogP contribution in [0.25, 0.3) is 0 Å². The fourth-order valence-electron chi connectivity index (χ4n) is 2.48. The molecule has 0 fully saturated rings. The predicted molar refractivity (Wildman–Crippen MR) is 121 cm³/mol. The van der Waals surface area contributed by atoms with E-state index in [1.54, 1.807) is 44.3 Å². The lowest BCUT2D eigenvalue weighted by atomic mass is 10.2. The van der Waals surface area contributed by atoms with Crippen molar-refractivity contribution in [1.82, 2.24) is 15.4 Å². The lowest BCUT2D eigenvalue weighted by molar-refractivity contribution is 0.579. The summed E-state index contributed by atoms with van der Waals surface area (Å²) in [7, 11) is -1.98. The van der Waals surface area contributed by atoms with E-state index in [1.165, 1.54) is 6.07 Å². The topological polar surface area (TPSA) is 82.6 Å². The summed E-state index contributed by atoms with van der Waals surface area (Å²) in [5, 5.41) is 5.99. The highest BCUT2D eigenvalue weighted by Crippen LogP contribution is 2.16. The third-order valence-electron chi connectivity index (χ3n) is 3.97. The van der Waals surface area contributed by atoms with Gasteiger partial charge in [-0.05, 0) is 37.1 Å². The molecule has 0 aromatic heterocycles. The second-order valence-corrected chi connectivity index (χ2v) is 7.85. The Balaban J connectivity index is 0.00000392. The molecule has 2 rings (SSSR count). The second kappa shape index (κ2) is 11.3. The average molecular weight is 520 g/mol. The Labute approximate surface area is 183 Å². The van der Waals surface area contributed by atoms with Gasteiger partial charge in [-0.3, -0.25) is 4.99 Å². The zero-order valence-electron chi connectivity index (χ0n) is 16.1. The minimum absolute atomic E-state index is 0. The fourth-order valence-corrected chi connectivity index (χ4v) is 3.84. The molecule has 3 N–H and O–H groups in total. The van der Waals surface area contributed by atoms with Gasteiger partial charge in [0.2, 0.25) is 10.0 Å². The van der Waals surface area contributed by atoms with E-state index in [0.717, 1.165) is 5.56 Å². The Kier molecular flexibility index (Phi) is 9.83. The Morgan fingerprint density at radius 2 is 1.79 bits per heavy atom. The zero-order valence-corrected chi connectivity index (χ0v) is 19.3. The standard InChI is InChI=1S/C19H25FN4O2S.HI/c1-14-8-9-15(2)18(12-14)27(25,26)24-11-10-22-19(21-3)23-13-16-6-4-5-7-17(16)20;/h4-9,12,24H,10-11,13H2,1-3H3,(H2,21,22,23);1H. The summed E-state index contributed by atoms with van der Waals surface area (Å²) in [6.07, 6.45) is 0. The van der Waals surface area contributed by atoms with Crippen LogP contribution < -0.4 is 15.4 Å². The van der Waals surface area contributed by atoms with Crippen molar-refractivity contribution in [3.63, 3.8) is 0 Å². The van der Waals surface area contributed by atoms with Crippen molar-refractivity contribution in [2.45, 2.75) is 25.3 Å². The number of benzene rings is 2. The molecule has 0 aliphatic carbocycles. The maximum atomic E-state index is 13.6. The first-order valence-corrected chi connectivity index (χ1v) is 10.1. The van der Waals surface area contributed by atoms with Crippen molar-refractivity contribution < 1.29 is 12.8 Å². The molecule has 0 saturated carbocycles. The molecule has 2 aromatic carbocycles. The van der Waals surface area contributed by atoms with E-state index in [1.807, 2.05) is 13.0 Å². The molecule has 2 aromatic rings. The van der Waals surface area contributed by atoms with E-state index in [9.17, 15) is 12.8 Å². The first-order chi connectivity index (χ1) is 12.8. The molecule has 0 unspecified atom stereocenters. The molecule has 0 aliphatic heterocycles. The highest BCUT2D eigenvalue weighted by molar-refractivity contribution is 14.0. The van der Waals surface area contributed by atoms with Crippen LogP contribution in [-0.2, 0) is 16.6 Å². The maximum absolute atomic E-state index is 13.6. The molecule has 9 heteroatoms. The monoisotopic (exact) mass is 520 g/mol. The summed E-state index contributed by atoms with van der Waals surface area (Å²) in [6.45, 7) is 4.42. The summed E-state index contributed by atoms with van der Waals surface area (Å²) in [6, 6.07) is 11.8. The van der Waals surface area contributed by atoms with Gasteiger partial charge in [0.15, 0.2) is 5.96 Å². The van der Waals surface area contributed by atoms with Gasteiger partial charge < -0.3 is 10.6 Å². The van der Waals surface area contributed by atoms with E-state index in [2.05, 4.69) is 20.3 Å². The Bertz CT molecular complexity index is 920. The van der Waals surface area contributed by atoms with Crippen LogP contribution in [0.5, 0.6) is 0 Å². The molecule has 28 heavy (non-hydrogen) atoms. The van der Waals surface area contributed by atoms with Gasteiger partial charge in [-0.25, -0.2) is 17.5 Å². The first-order valence-electron chi connectivity index (χ1n) is 8.58. The van der Waals surface area contributed by atoms with Crippen LogP contribution in [0.4, 0.5) is 4.39 Å². The summed E-state index contributed by atoms with van der Waals surface area (Å²) in [5.74, 6) is 0.172. The third kappa shape index (κ3) is 7.02. The molecule has 0 amide bonds. The fraction of sp³-hybridized carbons (Fsp3) is 0.316. The van der Waals surface area contributed by atoms with E-state index in [-0.39, 0.29) is 47.8 Å². The van der Waals surface area contributed by atoms with Gasteiger partial charge in [0.05, 0.1) is 4.90 Å². The van der Waals surface area contributed by atoms with Crippen LogP contribution in [0.3, 0.4) is 0 Å². The SMILES string of the molecule is CN=C(NCCNS(=O)(=O)c1cc(C)ccc1C)NCc1ccccc1F.I. The minimum Gasteiger partial charge on any atom is -0.355 e. The van der Waals surface area contributed by atoms with Crippen LogP contribution in [0, 0.1) is 19.7 Å². The van der Waals surface area contributed by atoms with Crippen LogP contribution in [0.1, 0.15) is 16.7 Å². The van der Waals surface area contributed by atoms with Gasteiger partial charge in [-0.15, -0.1) is 24.0 Å². The van der Waals surface area contributed by atoms with E-state index in [4.69, 9.17) is 0 Å². The van der Waals surface area contributed by atoms with Crippen molar-refractivity contribution in [3.05, 3.63) is 65.0 Å². The van der Waals surface area contributed by atoms with Crippen molar-refractivity contribution in [2.24, 2.45) is 4.99 Å². The van der Waals surface area contributed by atoms with Crippen LogP contribution in [0.15, 0.2) is 52.4 Å². The minimum atomic E-state index is -3.58. The number of halogens is 2. The molecule has 0 radical (unpaired) electrons. The molecular weight excluding hydrogens is 494 g/mol. The van der Waals surface area contributed by atoms with Crippen molar-refractivity contribution >= 4 is 40.0 Å². The Morgan fingerprint density at radius 3 is 2.46 bits per heavy atom. The lowest BCUT2D eigenvalue weighted by Crippen LogP contribution is -2.41. The number of sulfonamides is 1. The highest BCUT2D eigenvalue weighted by Gasteiger charge is 2.16. The van der Waals surface area contributed by atoms with Crippen molar-refractivity contribution in [2.75, 3.05) is 20.1 Å². The molecular formula is C19H26FIN4O2S. The normalized spacial score (nSPS) is 11.6. The maximum Gasteiger partial charge on any atom is 0.240 e. The van der Waals surface area contributed by atoms with E-state index in [0.29, 0.717) is 23.6 Å². The molecule has 6 nitrogen and oxygen atoms in total. The second-order valence-electron chi connectivity index (χ2n) is 6.11. The summed E-state index contributed by atoms with van der Waals surface area (Å²) in [4.78, 5) is 4.33. The van der Waals surface area contributed by atoms with Gasteiger partial charge in [-0.2, -0.15) is 0 Å². The Hall–Kier alpha value is -1.72. The largest absolute Gasteiger partial charge is 0.355 e. The number of hydrogen-bond donors (Lipinski definition) is 3. The number of guanidine groups is 1. The Morgan fingerprint density at radius 1 is 1.07 bits per heavy atom. The lowest BCUT2D eigenvalue weighted by Gasteiger charge is -2.13. The average Bonchev–Trinajstić information content (AvgIpc) is 2.64. The van der Waals surface area contributed by atoms with Gasteiger partial charge in [-0.1, -0.05) is 30.3 Å². The number of rotatable bonds is 7. The molecule has 0 saturated heterocycles. The van der Waals surface area contributed by atoms with Gasteiger partial charge in [0.25, 0.3) is 0 Å². The number of aryl methyl sites for hydroxylation is 2. The molecule has 0 atom stereocenters. The summed E-state index contributed by atoms with van der Waals surface area (Å²) in [5.41, 5.74) is 2.11. The van der Waals surface area contributed by atoms with Crippen molar-refractivity contribution in [3.8, 4) is 0 Å². The first kappa shape index (κ1) is 24.3. The molecule has 0 bridgehead atoms. The molecule has 0 spiro atoms. The van der Waals surface area contributed by atoms with Gasteiger partial charge >= 0.3 is 0 Å². The number of hydrogen-bond acceptors (Lipinski definition) is 3. The summed E-state index contributed by atoms with van der Waals surface area (Å²) < 4.78 is 41.1. The van der Waals surface area contributed by atoms with E-state index < -0.39 is 10.0 Å². The van der Waals surface area contributed by atoms with Crippen LogP contribution in [0.2, 0.25) is 0 Å². The molecule has 154 valence electrons. The quantitative estimate of drug-likeness (QED) is 0.227. The van der Waals surface area contributed by atoms with Gasteiger partial charge in [0.1, 0.15) is 5.82 Å². The smallest absolute Gasteiger partial charge is 0.240 e. The van der Waals surface area contributed by atoms with E-state index >= 15 is 0 Å². The summed E-state index contributed by atoms with van der Waals surface area (Å²) >= 11 is 0. The highest BCUT2D eigenvalue weighted by atomic mass is 127.